The third kappa shape index (κ3) is 3.82. The standard InChI is InChI=1S/C14H20O4/c1-10(8-13(15)18-3)14(16)12-7-5-4-6-11(12)9-17-2/h4-7,10,14,16H,8-9H2,1-3H3. The lowest BCUT2D eigenvalue weighted by Gasteiger charge is -2.20. The van der Waals surface area contributed by atoms with Gasteiger partial charge in [0.2, 0.25) is 0 Å². The molecule has 0 saturated carbocycles. The molecule has 0 aromatic heterocycles. The van der Waals surface area contributed by atoms with Crippen LogP contribution in [0, 0.1) is 5.92 Å². The van der Waals surface area contributed by atoms with Crippen LogP contribution >= 0.6 is 0 Å². The van der Waals surface area contributed by atoms with Crippen LogP contribution in [0.25, 0.3) is 0 Å². The molecule has 100 valence electrons. The Morgan fingerprint density at radius 2 is 2.00 bits per heavy atom. The summed E-state index contributed by atoms with van der Waals surface area (Å²) in [5, 5.41) is 10.3. The zero-order valence-electron chi connectivity index (χ0n) is 11.1. The van der Waals surface area contributed by atoms with Gasteiger partial charge in [-0.05, 0) is 17.0 Å². The smallest absolute Gasteiger partial charge is 0.305 e. The van der Waals surface area contributed by atoms with Gasteiger partial charge in [-0.3, -0.25) is 4.79 Å². The van der Waals surface area contributed by atoms with Crippen molar-refractivity contribution in [3.05, 3.63) is 35.4 Å². The van der Waals surface area contributed by atoms with Crippen LogP contribution in [-0.4, -0.2) is 25.3 Å². The predicted octanol–water partition coefficient (Wildman–Crippen LogP) is 2.07. The number of hydrogen-bond acceptors (Lipinski definition) is 4. The minimum atomic E-state index is -0.699. The second-order valence-electron chi connectivity index (χ2n) is 4.33. The van der Waals surface area contributed by atoms with Crippen molar-refractivity contribution in [2.24, 2.45) is 5.92 Å². The molecule has 0 saturated heterocycles. The summed E-state index contributed by atoms with van der Waals surface area (Å²) in [6, 6.07) is 7.53. The molecule has 1 N–H and O–H groups in total. The zero-order chi connectivity index (χ0) is 13.5. The highest BCUT2D eigenvalue weighted by atomic mass is 16.5. The highest BCUT2D eigenvalue weighted by molar-refractivity contribution is 5.69. The average Bonchev–Trinajstić information content (AvgIpc) is 2.38. The fraction of sp³-hybridized carbons (Fsp3) is 0.500. The quantitative estimate of drug-likeness (QED) is 0.787. The van der Waals surface area contributed by atoms with Crippen molar-refractivity contribution in [2.75, 3.05) is 14.2 Å². The normalized spacial score (nSPS) is 14.0. The molecule has 0 heterocycles. The first-order valence-electron chi connectivity index (χ1n) is 5.91. The van der Waals surface area contributed by atoms with Gasteiger partial charge in [0.15, 0.2) is 0 Å². The number of aliphatic hydroxyl groups excluding tert-OH is 1. The van der Waals surface area contributed by atoms with E-state index in [1.807, 2.05) is 31.2 Å². The highest BCUT2D eigenvalue weighted by Gasteiger charge is 2.21. The first-order chi connectivity index (χ1) is 8.60. The van der Waals surface area contributed by atoms with Crippen LogP contribution in [0.2, 0.25) is 0 Å². The molecule has 0 fully saturated rings. The molecule has 2 unspecified atom stereocenters. The molecule has 0 amide bonds. The monoisotopic (exact) mass is 252 g/mol. The van der Waals surface area contributed by atoms with E-state index in [-0.39, 0.29) is 18.3 Å². The molecule has 18 heavy (non-hydrogen) atoms. The molecule has 1 rings (SSSR count). The third-order valence-electron chi connectivity index (χ3n) is 2.93. The molecule has 0 aliphatic rings. The van der Waals surface area contributed by atoms with Gasteiger partial charge in [-0.1, -0.05) is 31.2 Å². The molecule has 0 radical (unpaired) electrons. The van der Waals surface area contributed by atoms with Gasteiger partial charge in [0.05, 0.1) is 26.2 Å². The van der Waals surface area contributed by atoms with E-state index < -0.39 is 6.10 Å². The van der Waals surface area contributed by atoms with E-state index >= 15 is 0 Å². The Balaban J connectivity index is 2.82. The number of carbonyl (C=O) groups is 1. The molecule has 4 nitrogen and oxygen atoms in total. The van der Waals surface area contributed by atoms with Crippen molar-refractivity contribution in [3.8, 4) is 0 Å². The molecule has 2 atom stereocenters. The number of methoxy groups -OCH3 is 2. The fourth-order valence-corrected chi connectivity index (χ4v) is 1.87. The lowest BCUT2D eigenvalue weighted by molar-refractivity contribution is -0.142. The van der Waals surface area contributed by atoms with Gasteiger partial charge in [0.25, 0.3) is 0 Å². The summed E-state index contributed by atoms with van der Waals surface area (Å²) in [7, 11) is 2.96. The second kappa shape index (κ2) is 7.13. The van der Waals surface area contributed by atoms with E-state index in [4.69, 9.17) is 4.74 Å². The van der Waals surface area contributed by atoms with E-state index in [1.54, 1.807) is 7.11 Å². The van der Waals surface area contributed by atoms with Crippen LogP contribution in [0.3, 0.4) is 0 Å². The average molecular weight is 252 g/mol. The molecule has 1 aromatic rings. The molecular formula is C14H20O4. The van der Waals surface area contributed by atoms with Crippen LogP contribution in [0.1, 0.15) is 30.6 Å². The fourth-order valence-electron chi connectivity index (χ4n) is 1.87. The van der Waals surface area contributed by atoms with Crippen LogP contribution in [0.5, 0.6) is 0 Å². The number of rotatable bonds is 6. The maximum absolute atomic E-state index is 11.2. The summed E-state index contributed by atoms with van der Waals surface area (Å²) in [5.41, 5.74) is 1.74. The van der Waals surface area contributed by atoms with E-state index in [0.29, 0.717) is 6.61 Å². The maximum atomic E-state index is 11.2. The van der Waals surface area contributed by atoms with E-state index in [9.17, 15) is 9.90 Å². The molecule has 0 aliphatic heterocycles. The van der Waals surface area contributed by atoms with Gasteiger partial charge in [-0.25, -0.2) is 0 Å². The lowest BCUT2D eigenvalue weighted by Crippen LogP contribution is -2.16. The Bertz CT molecular complexity index is 389. The molecule has 1 aromatic carbocycles. The van der Waals surface area contributed by atoms with E-state index in [2.05, 4.69) is 4.74 Å². The van der Waals surface area contributed by atoms with Gasteiger partial charge >= 0.3 is 5.97 Å². The van der Waals surface area contributed by atoms with Crippen molar-refractivity contribution < 1.29 is 19.4 Å². The Morgan fingerprint density at radius 1 is 1.33 bits per heavy atom. The molecule has 0 spiro atoms. The van der Waals surface area contributed by atoms with Crippen molar-refractivity contribution >= 4 is 5.97 Å². The molecule has 0 bridgehead atoms. The number of ether oxygens (including phenoxy) is 2. The Kier molecular flexibility index (Phi) is 5.82. The number of aliphatic hydroxyl groups is 1. The first kappa shape index (κ1) is 14.7. The van der Waals surface area contributed by atoms with Crippen LogP contribution < -0.4 is 0 Å². The van der Waals surface area contributed by atoms with Gasteiger partial charge < -0.3 is 14.6 Å². The van der Waals surface area contributed by atoms with Gasteiger partial charge in [0, 0.05) is 7.11 Å². The topological polar surface area (TPSA) is 55.8 Å². The van der Waals surface area contributed by atoms with Crippen molar-refractivity contribution in [1.82, 2.24) is 0 Å². The molecule has 0 aliphatic carbocycles. The summed E-state index contributed by atoms with van der Waals surface area (Å²) in [6.45, 7) is 2.27. The minimum absolute atomic E-state index is 0.193. The summed E-state index contributed by atoms with van der Waals surface area (Å²) >= 11 is 0. The summed E-state index contributed by atoms with van der Waals surface area (Å²) in [5.74, 6) is -0.513. The summed E-state index contributed by atoms with van der Waals surface area (Å²) in [4.78, 5) is 11.2. The number of carbonyl (C=O) groups excluding carboxylic acids is 1. The van der Waals surface area contributed by atoms with Gasteiger partial charge in [0.1, 0.15) is 0 Å². The zero-order valence-corrected chi connectivity index (χ0v) is 11.1. The number of esters is 1. The Morgan fingerprint density at radius 3 is 2.61 bits per heavy atom. The van der Waals surface area contributed by atoms with Gasteiger partial charge in [-0.15, -0.1) is 0 Å². The Labute approximate surface area is 108 Å². The van der Waals surface area contributed by atoms with Crippen LogP contribution in [0.15, 0.2) is 24.3 Å². The van der Waals surface area contributed by atoms with Crippen molar-refractivity contribution in [3.63, 3.8) is 0 Å². The van der Waals surface area contributed by atoms with Crippen LogP contribution in [-0.2, 0) is 20.9 Å². The Hall–Kier alpha value is -1.39. The summed E-state index contributed by atoms with van der Waals surface area (Å²) in [6.07, 6.45) is -0.505. The SMILES string of the molecule is COCc1ccccc1C(O)C(C)CC(=O)OC. The predicted molar refractivity (Wildman–Crippen MR) is 67.9 cm³/mol. The first-order valence-corrected chi connectivity index (χ1v) is 5.91. The van der Waals surface area contributed by atoms with E-state index in [1.165, 1.54) is 7.11 Å². The second-order valence-corrected chi connectivity index (χ2v) is 4.33. The van der Waals surface area contributed by atoms with Crippen LogP contribution in [0.4, 0.5) is 0 Å². The number of benzene rings is 1. The minimum Gasteiger partial charge on any atom is -0.469 e. The molecule has 4 heteroatoms. The van der Waals surface area contributed by atoms with Crippen molar-refractivity contribution in [1.29, 1.82) is 0 Å². The largest absolute Gasteiger partial charge is 0.469 e. The maximum Gasteiger partial charge on any atom is 0.305 e. The van der Waals surface area contributed by atoms with Crippen molar-refractivity contribution in [2.45, 2.75) is 26.1 Å². The highest BCUT2D eigenvalue weighted by Crippen LogP contribution is 2.27. The third-order valence-corrected chi connectivity index (χ3v) is 2.93. The lowest BCUT2D eigenvalue weighted by atomic mass is 9.91. The number of hydrogen-bond donors (Lipinski definition) is 1. The van der Waals surface area contributed by atoms with E-state index in [0.717, 1.165) is 11.1 Å². The van der Waals surface area contributed by atoms with Gasteiger partial charge in [-0.2, -0.15) is 0 Å². The molecular weight excluding hydrogens is 232 g/mol. The summed E-state index contributed by atoms with van der Waals surface area (Å²) < 4.78 is 9.71.